The molecule has 2 unspecified atom stereocenters. The standard InChI is InChI=1S/C43H55N9O11/c1-26(45)31-9-3-4-10-32(31)42(59)63-30(14-17-53)23-37(56)52-24-28(38-39(52)50-43(47)51-40(38)57)8-7-16-48-35(54)11-5-6-18-62-41(58)33-13-12-29(22-34(33)27(2)46)49-36(55)25-61-21-20-60-19-15-44/h3-4,9-10,12-13,17,22,24,26-27,30,37,56H,5-6,11,14-16,18-21,23,25,44-46H2,1-2H3,(H,48,54)(H,49,55)(H3,47,50,51,57)/t26?,27?,30-,37+/m0/s1. The van der Waals surface area contributed by atoms with Gasteiger partial charge in [-0.2, -0.15) is 4.98 Å². The van der Waals surface area contributed by atoms with Crippen molar-refractivity contribution < 1.29 is 48.0 Å². The number of nitrogens with zero attached hydrogens (tertiary/aromatic N) is 2. The van der Waals surface area contributed by atoms with Gasteiger partial charge in [-0.3, -0.25) is 19.4 Å². The summed E-state index contributed by atoms with van der Waals surface area (Å²) in [6.45, 7) is 4.52. The predicted molar refractivity (Wildman–Crippen MR) is 232 cm³/mol. The van der Waals surface area contributed by atoms with E-state index in [1.807, 2.05) is 0 Å². The van der Waals surface area contributed by atoms with Gasteiger partial charge in [0.25, 0.3) is 5.56 Å². The molecule has 2 amide bonds. The summed E-state index contributed by atoms with van der Waals surface area (Å²) < 4.78 is 22.8. The molecule has 2 aromatic carbocycles. The van der Waals surface area contributed by atoms with Crippen LogP contribution in [-0.4, -0.2) is 102 Å². The third-order valence-corrected chi connectivity index (χ3v) is 9.34. The second-order valence-corrected chi connectivity index (χ2v) is 14.4. The summed E-state index contributed by atoms with van der Waals surface area (Å²) in [7, 11) is 0. The van der Waals surface area contributed by atoms with E-state index in [1.54, 1.807) is 50.2 Å². The third-order valence-electron chi connectivity index (χ3n) is 9.34. The van der Waals surface area contributed by atoms with Crippen molar-refractivity contribution in [2.24, 2.45) is 17.2 Å². The van der Waals surface area contributed by atoms with Gasteiger partial charge >= 0.3 is 11.9 Å². The number of carbonyl (C=O) groups excluding carboxylic acids is 5. The lowest BCUT2D eigenvalue weighted by Crippen LogP contribution is -2.25. The number of aromatic amines is 1. The zero-order valence-corrected chi connectivity index (χ0v) is 35.2. The number of ether oxygens (including phenoxy) is 4. The van der Waals surface area contributed by atoms with E-state index < -0.39 is 47.8 Å². The molecule has 63 heavy (non-hydrogen) atoms. The molecule has 0 aliphatic heterocycles. The van der Waals surface area contributed by atoms with Crippen LogP contribution < -0.4 is 39.1 Å². The summed E-state index contributed by atoms with van der Waals surface area (Å²) in [5.41, 5.74) is 24.8. The lowest BCUT2D eigenvalue weighted by Gasteiger charge is -2.21. The van der Waals surface area contributed by atoms with E-state index in [1.165, 1.54) is 16.8 Å². The second kappa shape index (κ2) is 24.8. The number of unbranched alkanes of at least 4 members (excludes halogenated alkanes) is 1. The number of hydrogen-bond acceptors (Lipinski definition) is 16. The molecule has 20 nitrogen and oxygen atoms in total. The molecule has 4 atom stereocenters. The first-order chi connectivity index (χ1) is 30.2. The van der Waals surface area contributed by atoms with Gasteiger partial charge in [0.05, 0.1) is 55.0 Å². The third kappa shape index (κ3) is 14.8. The highest BCUT2D eigenvalue weighted by Crippen LogP contribution is 2.26. The Bertz CT molecular complexity index is 2330. The van der Waals surface area contributed by atoms with E-state index in [0.717, 1.165) is 0 Å². The molecule has 0 radical (unpaired) electrons. The van der Waals surface area contributed by atoms with Crippen molar-refractivity contribution in [2.75, 3.05) is 57.2 Å². The SMILES string of the molecule is CC(N)c1cc(NC(=O)COCCOCCN)ccc1C(=O)OCCCCC(=O)NCC#Cc1cn([C@H](O)C[C@H](CC=O)OC(=O)c2ccccc2C(C)N)c2nc(N)[nH]c(=O)c12. The number of H-pyrrole nitrogens is 1. The van der Waals surface area contributed by atoms with Gasteiger partial charge in [-0.1, -0.05) is 30.0 Å². The van der Waals surface area contributed by atoms with Crippen molar-refractivity contribution in [2.45, 2.75) is 70.4 Å². The summed E-state index contributed by atoms with van der Waals surface area (Å²) in [5, 5.41) is 16.7. The fourth-order valence-corrected chi connectivity index (χ4v) is 6.31. The number of fused-ring (bicyclic) bond motifs is 1. The molecule has 0 saturated heterocycles. The van der Waals surface area contributed by atoms with E-state index >= 15 is 0 Å². The quantitative estimate of drug-likeness (QED) is 0.0214. The minimum atomic E-state index is -1.44. The number of rotatable bonds is 24. The molecule has 0 aliphatic carbocycles. The maximum atomic E-state index is 13.1. The first kappa shape index (κ1) is 49.2. The molecule has 2 aromatic heterocycles. The van der Waals surface area contributed by atoms with Crippen LogP contribution in [0.3, 0.4) is 0 Å². The van der Waals surface area contributed by atoms with Gasteiger partial charge in [0.15, 0.2) is 5.65 Å². The molecular formula is C43H55N9O11. The summed E-state index contributed by atoms with van der Waals surface area (Å²) >= 11 is 0. The van der Waals surface area contributed by atoms with Gasteiger partial charge in [-0.15, -0.1) is 0 Å². The molecule has 2 heterocycles. The number of amides is 2. The number of nitrogen functional groups attached to an aromatic ring is 1. The van der Waals surface area contributed by atoms with Gasteiger partial charge < -0.3 is 67.0 Å². The van der Waals surface area contributed by atoms with E-state index in [-0.39, 0.29) is 85.2 Å². The van der Waals surface area contributed by atoms with Gasteiger partial charge in [-0.05, 0) is 62.1 Å². The highest BCUT2D eigenvalue weighted by Gasteiger charge is 2.25. The largest absolute Gasteiger partial charge is 0.462 e. The zero-order valence-electron chi connectivity index (χ0n) is 35.2. The molecule has 12 N–H and O–H groups in total. The lowest BCUT2D eigenvalue weighted by atomic mass is 10.0. The zero-order chi connectivity index (χ0) is 45.9. The van der Waals surface area contributed by atoms with E-state index in [2.05, 4.69) is 32.4 Å². The Balaban J connectivity index is 1.28. The number of aliphatic hydroxyl groups is 1. The Morgan fingerprint density at radius 2 is 1.68 bits per heavy atom. The molecule has 0 bridgehead atoms. The molecule has 338 valence electrons. The van der Waals surface area contributed by atoms with Gasteiger partial charge in [0.2, 0.25) is 17.8 Å². The fraction of sp³-hybridized carbons (Fsp3) is 0.419. The molecule has 4 aromatic rings. The maximum Gasteiger partial charge on any atom is 0.338 e. The molecule has 0 aliphatic rings. The number of aromatic nitrogens is 3. The first-order valence-electron chi connectivity index (χ1n) is 20.3. The Hall–Kier alpha value is -6.47. The monoisotopic (exact) mass is 873 g/mol. The van der Waals surface area contributed by atoms with Crippen molar-refractivity contribution in [3.05, 3.63) is 86.8 Å². The number of aliphatic hydroxyl groups excluding tert-OH is 1. The molecular weight excluding hydrogens is 819 g/mol. The predicted octanol–water partition coefficient (Wildman–Crippen LogP) is 1.47. The topological polar surface area (TPSA) is 321 Å². The Kier molecular flexibility index (Phi) is 19.4. The maximum absolute atomic E-state index is 13.1. The first-order valence-corrected chi connectivity index (χ1v) is 20.3. The van der Waals surface area contributed by atoms with Crippen molar-refractivity contribution in [3.63, 3.8) is 0 Å². The smallest absolute Gasteiger partial charge is 0.338 e. The van der Waals surface area contributed by atoms with Crippen molar-refractivity contribution in [1.29, 1.82) is 0 Å². The van der Waals surface area contributed by atoms with Crippen LogP contribution in [0.25, 0.3) is 11.0 Å². The number of anilines is 2. The van der Waals surface area contributed by atoms with E-state index in [0.29, 0.717) is 55.7 Å². The summed E-state index contributed by atoms with van der Waals surface area (Å²) in [4.78, 5) is 81.9. The van der Waals surface area contributed by atoms with Gasteiger partial charge in [0.1, 0.15) is 25.2 Å². The Labute approximate surface area is 363 Å². The fourth-order valence-electron chi connectivity index (χ4n) is 6.31. The number of esters is 2. The van der Waals surface area contributed by atoms with Crippen LogP contribution in [0, 0.1) is 11.8 Å². The van der Waals surface area contributed by atoms with E-state index in [4.69, 9.17) is 41.9 Å². The normalized spacial score (nSPS) is 12.9. The second-order valence-electron chi connectivity index (χ2n) is 14.4. The van der Waals surface area contributed by atoms with Gasteiger partial charge in [-0.25, -0.2) is 9.59 Å². The number of nitrogens with one attached hydrogen (secondary N) is 3. The lowest BCUT2D eigenvalue weighted by molar-refractivity contribution is -0.121. The van der Waals surface area contributed by atoms with Crippen LogP contribution in [0.4, 0.5) is 11.6 Å². The average molecular weight is 874 g/mol. The van der Waals surface area contributed by atoms with Crippen molar-refractivity contribution in [1.82, 2.24) is 19.9 Å². The highest BCUT2D eigenvalue weighted by molar-refractivity contribution is 5.95. The number of hydrogen-bond donors (Lipinski definition) is 8. The molecule has 20 heteroatoms. The van der Waals surface area contributed by atoms with Crippen LogP contribution in [0.15, 0.2) is 53.5 Å². The van der Waals surface area contributed by atoms with Crippen LogP contribution in [0.1, 0.15) is 102 Å². The summed E-state index contributed by atoms with van der Waals surface area (Å²) in [5.74, 6) is 3.35. The summed E-state index contributed by atoms with van der Waals surface area (Å²) in [6, 6.07) is 10.3. The molecule has 0 fully saturated rings. The van der Waals surface area contributed by atoms with Crippen LogP contribution in [-0.2, 0) is 33.3 Å². The highest BCUT2D eigenvalue weighted by atomic mass is 16.5. The average Bonchev–Trinajstić information content (AvgIpc) is 3.61. The minimum absolute atomic E-state index is 0.00560. The molecule has 0 saturated carbocycles. The molecule has 0 spiro atoms. The van der Waals surface area contributed by atoms with Gasteiger partial charge in [0, 0.05) is 49.8 Å². The van der Waals surface area contributed by atoms with Crippen LogP contribution in [0.2, 0.25) is 0 Å². The molecule has 4 rings (SSSR count). The summed E-state index contributed by atoms with van der Waals surface area (Å²) in [6.07, 6.45) is -0.143. The number of benzene rings is 2. The Morgan fingerprint density at radius 1 is 0.952 bits per heavy atom. The Morgan fingerprint density at radius 3 is 2.41 bits per heavy atom. The van der Waals surface area contributed by atoms with E-state index in [9.17, 15) is 33.9 Å². The number of carbonyl (C=O) groups is 5. The van der Waals surface area contributed by atoms with Crippen LogP contribution in [0.5, 0.6) is 0 Å². The van der Waals surface area contributed by atoms with Crippen LogP contribution >= 0.6 is 0 Å². The van der Waals surface area contributed by atoms with Crippen molar-refractivity contribution >= 4 is 52.7 Å². The van der Waals surface area contributed by atoms with Crippen molar-refractivity contribution in [3.8, 4) is 11.8 Å². The number of aldehydes is 1. The number of nitrogens with two attached hydrogens (primary N) is 4. The minimum Gasteiger partial charge on any atom is -0.462 e.